The minimum Gasteiger partial charge on any atom is -0.497 e. The van der Waals surface area contributed by atoms with E-state index < -0.39 is 0 Å². The lowest BCUT2D eigenvalue weighted by molar-refractivity contribution is -0.122. The van der Waals surface area contributed by atoms with Gasteiger partial charge in [0, 0.05) is 12.5 Å². The summed E-state index contributed by atoms with van der Waals surface area (Å²) in [5.74, 6) is 2.40. The molecule has 19 heavy (non-hydrogen) atoms. The number of methoxy groups -OCH3 is 1. The molecule has 0 bridgehead atoms. The SMILES string of the molecule is COc1cccc([C@@H]2C[C@H]2C(=O)NCC2CCC2)c1. The van der Waals surface area contributed by atoms with Gasteiger partial charge in [0.25, 0.3) is 0 Å². The quantitative estimate of drug-likeness (QED) is 0.883. The molecule has 2 aliphatic rings. The number of carbonyl (C=O) groups is 1. The van der Waals surface area contributed by atoms with Crippen LogP contribution >= 0.6 is 0 Å². The topological polar surface area (TPSA) is 38.3 Å². The summed E-state index contributed by atoms with van der Waals surface area (Å²) in [4.78, 5) is 12.0. The maximum absolute atomic E-state index is 12.0. The number of hydrogen-bond donors (Lipinski definition) is 1. The van der Waals surface area contributed by atoms with Crippen LogP contribution in [0.4, 0.5) is 0 Å². The van der Waals surface area contributed by atoms with E-state index in [2.05, 4.69) is 11.4 Å². The molecule has 0 aliphatic heterocycles. The Labute approximate surface area is 114 Å². The van der Waals surface area contributed by atoms with Gasteiger partial charge in [0.2, 0.25) is 5.91 Å². The largest absolute Gasteiger partial charge is 0.497 e. The van der Waals surface area contributed by atoms with Gasteiger partial charge in [-0.3, -0.25) is 4.79 Å². The van der Waals surface area contributed by atoms with Gasteiger partial charge in [-0.15, -0.1) is 0 Å². The summed E-state index contributed by atoms with van der Waals surface area (Å²) in [6.07, 6.45) is 4.87. The maximum atomic E-state index is 12.0. The first kappa shape index (κ1) is 12.5. The Morgan fingerprint density at radius 1 is 1.42 bits per heavy atom. The van der Waals surface area contributed by atoms with Gasteiger partial charge in [-0.05, 0) is 48.8 Å². The van der Waals surface area contributed by atoms with Gasteiger partial charge in [-0.1, -0.05) is 18.6 Å². The van der Waals surface area contributed by atoms with E-state index in [4.69, 9.17) is 4.74 Å². The first-order valence-electron chi connectivity index (χ1n) is 7.19. The van der Waals surface area contributed by atoms with Crippen molar-refractivity contribution in [3.63, 3.8) is 0 Å². The minimum absolute atomic E-state index is 0.173. The Hall–Kier alpha value is -1.51. The van der Waals surface area contributed by atoms with E-state index >= 15 is 0 Å². The zero-order valence-corrected chi connectivity index (χ0v) is 11.4. The van der Waals surface area contributed by atoms with Crippen LogP contribution in [0.1, 0.15) is 37.2 Å². The van der Waals surface area contributed by atoms with E-state index in [1.165, 1.54) is 24.8 Å². The molecule has 102 valence electrons. The average Bonchev–Trinajstić information content (AvgIpc) is 3.17. The van der Waals surface area contributed by atoms with Gasteiger partial charge in [0.1, 0.15) is 5.75 Å². The molecule has 3 rings (SSSR count). The predicted molar refractivity (Wildman–Crippen MR) is 74.2 cm³/mol. The highest BCUT2D eigenvalue weighted by Gasteiger charge is 2.44. The average molecular weight is 259 g/mol. The molecule has 3 heteroatoms. The zero-order chi connectivity index (χ0) is 13.2. The molecule has 2 aliphatic carbocycles. The molecule has 0 saturated heterocycles. The summed E-state index contributed by atoms with van der Waals surface area (Å²) in [7, 11) is 1.68. The minimum atomic E-state index is 0.173. The molecular weight excluding hydrogens is 238 g/mol. The van der Waals surface area contributed by atoms with Gasteiger partial charge < -0.3 is 10.1 Å². The van der Waals surface area contributed by atoms with Crippen molar-refractivity contribution in [1.29, 1.82) is 0 Å². The summed E-state index contributed by atoms with van der Waals surface area (Å²) < 4.78 is 5.23. The van der Waals surface area contributed by atoms with Crippen molar-refractivity contribution < 1.29 is 9.53 Å². The first-order chi connectivity index (χ1) is 9.28. The van der Waals surface area contributed by atoms with Crippen LogP contribution in [0.3, 0.4) is 0 Å². The Kier molecular flexibility index (Phi) is 3.45. The molecule has 1 aromatic carbocycles. The second-order valence-corrected chi connectivity index (χ2v) is 5.77. The molecule has 0 spiro atoms. The lowest BCUT2D eigenvalue weighted by atomic mass is 9.85. The van der Waals surface area contributed by atoms with Gasteiger partial charge in [-0.25, -0.2) is 0 Å². The number of benzene rings is 1. The Morgan fingerprint density at radius 3 is 2.95 bits per heavy atom. The zero-order valence-electron chi connectivity index (χ0n) is 11.4. The fourth-order valence-corrected chi connectivity index (χ4v) is 2.80. The number of carbonyl (C=O) groups excluding carboxylic acids is 1. The van der Waals surface area contributed by atoms with Gasteiger partial charge in [0.05, 0.1) is 7.11 Å². The van der Waals surface area contributed by atoms with Crippen LogP contribution in [0.2, 0.25) is 0 Å². The van der Waals surface area contributed by atoms with Crippen LogP contribution in [0.15, 0.2) is 24.3 Å². The van der Waals surface area contributed by atoms with Crippen molar-refractivity contribution in [1.82, 2.24) is 5.32 Å². The number of ether oxygens (including phenoxy) is 1. The molecule has 1 N–H and O–H groups in total. The Morgan fingerprint density at radius 2 is 2.26 bits per heavy atom. The van der Waals surface area contributed by atoms with Crippen LogP contribution in [0, 0.1) is 11.8 Å². The van der Waals surface area contributed by atoms with E-state index in [9.17, 15) is 4.79 Å². The normalized spacial score (nSPS) is 25.5. The van der Waals surface area contributed by atoms with Gasteiger partial charge in [0.15, 0.2) is 0 Å². The molecule has 1 aromatic rings. The summed E-state index contributed by atoms with van der Waals surface area (Å²) >= 11 is 0. The highest BCUT2D eigenvalue weighted by Crippen LogP contribution is 2.48. The lowest BCUT2D eigenvalue weighted by Crippen LogP contribution is -2.33. The van der Waals surface area contributed by atoms with Crippen molar-refractivity contribution in [2.45, 2.75) is 31.6 Å². The van der Waals surface area contributed by atoms with Crippen molar-refractivity contribution in [2.24, 2.45) is 11.8 Å². The molecule has 0 radical (unpaired) electrons. The van der Waals surface area contributed by atoms with Crippen molar-refractivity contribution in [2.75, 3.05) is 13.7 Å². The van der Waals surface area contributed by atoms with E-state index in [0.29, 0.717) is 5.92 Å². The van der Waals surface area contributed by atoms with E-state index in [1.807, 2.05) is 18.2 Å². The summed E-state index contributed by atoms with van der Waals surface area (Å²) in [5, 5.41) is 3.10. The fourth-order valence-electron chi connectivity index (χ4n) is 2.80. The summed E-state index contributed by atoms with van der Waals surface area (Å²) in [5.41, 5.74) is 1.23. The smallest absolute Gasteiger partial charge is 0.223 e. The number of rotatable bonds is 5. The monoisotopic (exact) mass is 259 g/mol. The van der Waals surface area contributed by atoms with E-state index in [1.54, 1.807) is 7.11 Å². The highest BCUT2D eigenvalue weighted by atomic mass is 16.5. The standard InChI is InChI=1S/C16H21NO2/c1-19-13-7-3-6-12(8-13)14-9-15(14)16(18)17-10-11-4-2-5-11/h3,6-8,11,14-15H,2,4-5,9-10H2,1H3,(H,17,18)/t14-,15+/m0/s1. The molecule has 3 nitrogen and oxygen atoms in total. The van der Waals surface area contributed by atoms with Gasteiger partial charge in [-0.2, -0.15) is 0 Å². The van der Waals surface area contributed by atoms with E-state index in [-0.39, 0.29) is 11.8 Å². The molecule has 2 fully saturated rings. The number of nitrogens with one attached hydrogen (secondary N) is 1. The molecule has 2 saturated carbocycles. The van der Waals surface area contributed by atoms with Crippen LogP contribution in [0.5, 0.6) is 5.75 Å². The summed E-state index contributed by atoms with van der Waals surface area (Å²) in [6.45, 7) is 0.875. The Balaban J connectivity index is 1.52. The third kappa shape index (κ3) is 2.75. The molecule has 0 unspecified atom stereocenters. The molecular formula is C16H21NO2. The van der Waals surface area contributed by atoms with E-state index in [0.717, 1.165) is 24.6 Å². The maximum Gasteiger partial charge on any atom is 0.223 e. The molecule has 0 aromatic heterocycles. The number of amides is 1. The third-order valence-electron chi connectivity index (χ3n) is 4.44. The van der Waals surface area contributed by atoms with Crippen molar-refractivity contribution in [3.8, 4) is 5.75 Å². The van der Waals surface area contributed by atoms with Crippen LogP contribution in [0.25, 0.3) is 0 Å². The van der Waals surface area contributed by atoms with Gasteiger partial charge >= 0.3 is 0 Å². The van der Waals surface area contributed by atoms with Crippen molar-refractivity contribution >= 4 is 5.91 Å². The first-order valence-corrected chi connectivity index (χ1v) is 7.19. The molecule has 1 amide bonds. The lowest BCUT2D eigenvalue weighted by Gasteiger charge is -2.25. The summed E-state index contributed by atoms with van der Waals surface area (Å²) in [6, 6.07) is 8.07. The highest BCUT2D eigenvalue weighted by molar-refractivity contribution is 5.82. The number of hydrogen-bond acceptors (Lipinski definition) is 2. The van der Waals surface area contributed by atoms with Crippen LogP contribution in [-0.4, -0.2) is 19.6 Å². The second-order valence-electron chi connectivity index (χ2n) is 5.77. The predicted octanol–water partition coefficient (Wildman–Crippen LogP) is 2.72. The van der Waals surface area contributed by atoms with Crippen molar-refractivity contribution in [3.05, 3.63) is 29.8 Å². The second kappa shape index (κ2) is 5.24. The molecule has 0 heterocycles. The van der Waals surface area contributed by atoms with Crippen LogP contribution < -0.4 is 10.1 Å². The third-order valence-corrected chi connectivity index (χ3v) is 4.44. The molecule has 2 atom stereocenters. The fraction of sp³-hybridized carbons (Fsp3) is 0.562. The van der Waals surface area contributed by atoms with Crippen LogP contribution in [-0.2, 0) is 4.79 Å². The Bertz CT molecular complexity index is 468.